The summed E-state index contributed by atoms with van der Waals surface area (Å²) in [6.45, 7) is 2.02. The van der Waals surface area contributed by atoms with E-state index < -0.39 is 11.9 Å². The first-order valence-corrected chi connectivity index (χ1v) is 7.52. The highest BCUT2D eigenvalue weighted by Crippen LogP contribution is 2.39. The Morgan fingerprint density at radius 3 is 2.70 bits per heavy atom. The monoisotopic (exact) mass is 288 g/mol. The van der Waals surface area contributed by atoms with E-state index in [1.54, 1.807) is 0 Å². The van der Waals surface area contributed by atoms with Gasteiger partial charge in [0.2, 0.25) is 0 Å². The molecule has 1 aliphatic rings. The van der Waals surface area contributed by atoms with E-state index in [0.29, 0.717) is 17.3 Å². The quantitative estimate of drug-likeness (QED) is 0.918. The van der Waals surface area contributed by atoms with Gasteiger partial charge in [0.25, 0.3) is 0 Å². The Morgan fingerprint density at radius 1 is 1.40 bits per heavy atom. The molecule has 1 aliphatic carbocycles. The summed E-state index contributed by atoms with van der Waals surface area (Å²) in [6, 6.07) is 7.97. The minimum Gasteiger partial charge on any atom is -0.481 e. The maximum absolute atomic E-state index is 11.5. The van der Waals surface area contributed by atoms with Gasteiger partial charge in [0.05, 0.1) is 0 Å². The van der Waals surface area contributed by atoms with Crippen molar-refractivity contribution in [2.24, 2.45) is 0 Å². The number of carbonyl (C=O) groups is 1. The van der Waals surface area contributed by atoms with Crippen LogP contribution in [-0.4, -0.2) is 20.4 Å². The molecular weight excluding hydrogens is 272 g/mol. The highest BCUT2D eigenvalue weighted by atomic mass is 32.1. The van der Waals surface area contributed by atoms with Crippen molar-refractivity contribution in [3.8, 4) is 0 Å². The average molecular weight is 288 g/mol. The van der Waals surface area contributed by atoms with Gasteiger partial charge in [-0.2, -0.15) is 4.37 Å². The van der Waals surface area contributed by atoms with Crippen LogP contribution >= 0.6 is 11.5 Å². The molecule has 3 rings (SSSR count). The third-order valence-corrected chi connectivity index (χ3v) is 4.40. The van der Waals surface area contributed by atoms with Crippen molar-refractivity contribution in [3.63, 3.8) is 0 Å². The predicted octanol–water partition coefficient (Wildman–Crippen LogP) is 3.13. The molecule has 1 saturated carbocycles. The van der Waals surface area contributed by atoms with Gasteiger partial charge >= 0.3 is 5.97 Å². The van der Waals surface area contributed by atoms with Gasteiger partial charge < -0.3 is 5.11 Å². The Balaban J connectivity index is 1.80. The molecule has 1 aromatic heterocycles. The summed E-state index contributed by atoms with van der Waals surface area (Å²) in [5.41, 5.74) is 2.19. The second-order valence-corrected chi connectivity index (χ2v) is 6.13. The van der Waals surface area contributed by atoms with Crippen LogP contribution in [0.2, 0.25) is 0 Å². The number of hydrogen-bond acceptors (Lipinski definition) is 4. The highest BCUT2D eigenvalue weighted by Gasteiger charge is 2.31. The lowest BCUT2D eigenvalue weighted by molar-refractivity contribution is -0.138. The van der Waals surface area contributed by atoms with E-state index in [9.17, 15) is 9.90 Å². The van der Waals surface area contributed by atoms with Crippen molar-refractivity contribution in [1.29, 1.82) is 0 Å². The summed E-state index contributed by atoms with van der Waals surface area (Å²) in [4.78, 5) is 15.9. The molecule has 1 unspecified atom stereocenters. The number of rotatable bonds is 5. The highest BCUT2D eigenvalue weighted by molar-refractivity contribution is 7.05. The zero-order valence-electron chi connectivity index (χ0n) is 11.2. The smallest absolute Gasteiger partial charge is 0.313 e. The zero-order valence-corrected chi connectivity index (χ0v) is 12.1. The number of nitrogens with zero attached hydrogens (tertiary/aromatic N) is 2. The van der Waals surface area contributed by atoms with Crippen molar-refractivity contribution in [2.75, 3.05) is 0 Å². The minimum atomic E-state index is -0.830. The zero-order chi connectivity index (χ0) is 14.1. The van der Waals surface area contributed by atoms with Gasteiger partial charge in [0.15, 0.2) is 0 Å². The van der Waals surface area contributed by atoms with Gasteiger partial charge in [-0.1, -0.05) is 29.8 Å². The van der Waals surface area contributed by atoms with E-state index in [0.717, 1.165) is 24.2 Å². The Hall–Kier alpha value is -1.75. The van der Waals surface area contributed by atoms with Gasteiger partial charge in [-0.25, -0.2) is 4.98 Å². The third kappa shape index (κ3) is 2.88. The summed E-state index contributed by atoms with van der Waals surface area (Å²) in [5.74, 6) is -0.124. The van der Waals surface area contributed by atoms with Crippen LogP contribution in [0.4, 0.5) is 0 Å². The molecule has 0 saturated heterocycles. The van der Waals surface area contributed by atoms with Crippen molar-refractivity contribution in [1.82, 2.24) is 9.36 Å². The summed E-state index contributed by atoms with van der Waals surface area (Å²) < 4.78 is 4.30. The summed E-state index contributed by atoms with van der Waals surface area (Å²) in [5, 5.41) is 10.1. The lowest BCUT2D eigenvalue weighted by Gasteiger charge is -2.09. The van der Waals surface area contributed by atoms with E-state index in [-0.39, 0.29) is 0 Å². The molecule has 0 bridgehead atoms. The molecule has 20 heavy (non-hydrogen) atoms. The number of carboxylic acids is 1. The van der Waals surface area contributed by atoms with E-state index in [1.807, 2.05) is 31.2 Å². The molecule has 2 aromatic rings. The molecule has 0 aliphatic heterocycles. The van der Waals surface area contributed by atoms with Crippen molar-refractivity contribution < 1.29 is 9.90 Å². The maximum Gasteiger partial charge on any atom is 0.313 e. The number of hydrogen-bond donors (Lipinski definition) is 1. The lowest BCUT2D eigenvalue weighted by atomic mass is 9.99. The standard InChI is InChI=1S/C15H16N2O2S/c1-9-2-4-10(5-3-9)8-12(15(18)19)14-16-13(17-20-14)11-6-7-11/h2-5,11-12H,6-8H2,1H3,(H,18,19). The topological polar surface area (TPSA) is 63.1 Å². The van der Waals surface area contributed by atoms with Gasteiger partial charge in [0, 0.05) is 5.92 Å². The van der Waals surface area contributed by atoms with Gasteiger partial charge in [-0.15, -0.1) is 0 Å². The first-order chi connectivity index (χ1) is 9.63. The van der Waals surface area contributed by atoms with Crippen LogP contribution in [0, 0.1) is 6.92 Å². The van der Waals surface area contributed by atoms with Crippen LogP contribution in [-0.2, 0) is 11.2 Å². The number of benzene rings is 1. The normalized spacial score (nSPS) is 16.1. The maximum atomic E-state index is 11.5. The molecule has 104 valence electrons. The van der Waals surface area contributed by atoms with E-state index in [2.05, 4.69) is 9.36 Å². The van der Waals surface area contributed by atoms with E-state index in [1.165, 1.54) is 17.1 Å². The van der Waals surface area contributed by atoms with E-state index in [4.69, 9.17) is 0 Å². The molecule has 1 atom stereocenters. The average Bonchev–Trinajstić information content (AvgIpc) is 3.16. The van der Waals surface area contributed by atoms with Crippen LogP contribution in [0.15, 0.2) is 24.3 Å². The molecule has 1 heterocycles. The second-order valence-electron chi connectivity index (χ2n) is 5.35. The first-order valence-electron chi connectivity index (χ1n) is 6.75. The molecular formula is C15H16N2O2S. The predicted molar refractivity (Wildman–Crippen MR) is 77.1 cm³/mol. The fraction of sp³-hybridized carbons (Fsp3) is 0.400. The molecule has 1 N–H and O–H groups in total. The summed E-state index contributed by atoms with van der Waals surface area (Å²) in [7, 11) is 0. The number of aliphatic carboxylic acids is 1. The fourth-order valence-corrected chi connectivity index (χ4v) is 2.96. The second kappa shape index (κ2) is 5.32. The summed E-state index contributed by atoms with van der Waals surface area (Å²) >= 11 is 1.23. The lowest BCUT2D eigenvalue weighted by Crippen LogP contribution is -2.14. The molecule has 0 radical (unpaired) electrons. The van der Waals surface area contributed by atoms with Crippen LogP contribution in [0.1, 0.15) is 46.6 Å². The van der Waals surface area contributed by atoms with Gasteiger partial charge in [0.1, 0.15) is 16.7 Å². The molecule has 0 spiro atoms. The fourth-order valence-electron chi connectivity index (χ4n) is 2.14. The van der Waals surface area contributed by atoms with Crippen molar-refractivity contribution in [2.45, 2.75) is 38.0 Å². The summed E-state index contributed by atoms with van der Waals surface area (Å²) in [6.07, 6.45) is 2.73. The Bertz CT molecular complexity index is 617. The first kappa shape index (κ1) is 13.2. The molecule has 5 heteroatoms. The van der Waals surface area contributed by atoms with Crippen molar-refractivity contribution in [3.05, 3.63) is 46.2 Å². The van der Waals surface area contributed by atoms with Crippen molar-refractivity contribution >= 4 is 17.5 Å². The Morgan fingerprint density at radius 2 is 2.10 bits per heavy atom. The molecule has 4 nitrogen and oxygen atoms in total. The van der Waals surface area contributed by atoms with E-state index >= 15 is 0 Å². The van der Waals surface area contributed by atoms with Crippen LogP contribution in [0.25, 0.3) is 0 Å². The number of aromatic nitrogens is 2. The number of aryl methyl sites for hydroxylation is 1. The van der Waals surface area contributed by atoms with Crippen LogP contribution in [0.5, 0.6) is 0 Å². The number of carboxylic acid groups (broad SMARTS) is 1. The SMILES string of the molecule is Cc1ccc(CC(C(=O)O)c2nc(C3CC3)ns2)cc1. The van der Waals surface area contributed by atoms with Gasteiger partial charge in [-0.05, 0) is 43.3 Å². The van der Waals surface area contributed by atoms with Gasteiger partial charge in [-0.3, -0.25) is 4.79 Å². The van der Waals surface area contributed by atoms with Crippen LogP contribution < -0.4 is 0 Å². The van der Waals surface area contributed by atoms with Crippen LogP contribution in [0.3, 0.4) is 0 Å². The Kier molecular flexibility index (Phi) is 3.53. The molecule has 0 amide bonds. The Labute approximate surface area is 121 Å². The minimum absolute atomic E-state index is 0.466. The third-order valence-electron chi connectivity index (χ3n) is 3.56. The molecule has 1 fully saturated rings. The largest absolute Gasteiger partial charge is 0.481 e. The molecule has 1 aromatic carbocycles.